The van der Waals surface area contributed by atoms with Gasteiger partial charge in [-0.3, -0.25) is 9.69 Å². The first kappa shape index (κ1) is 15.0. The SMILES string of the molecule is Cc1cc(C)c(NC(=O)CN2CCN[C@@H](C)C2)c(C)c1. The summed E-state index contributed by atoms with van der Waals surface area (Å²) in [5.41, 5.74) is 4.45. The van der Waals surface area contributed by atoms with E-state index in [-0.39, 0.29) is 5.91 Å². The predicted molar refractivity (Wildman–Crippen MR) is 83.2 cm³/mol. The van der Waals surface area contributed by atoms with E-state index in [1.54, 1.807) is 0 Å². The molecule has 0 unspecified atom stereocenters. The first-order chi connectivity index (χ1) is 9.45. The van der Waals surface area contributed by atoms with Gasteiger partial charge in [-0.25, -0.2) is 0 Å². The third-order valence-corrected chi connectivity index (χ3v) is 3.76. The minimum Gasteiger partial charge on any atom is -0.324 e. The highest BCUT2D eigenvalue weighted by atomic mass is 16.2. The molecule has 0 bridgehead atoms. The summed E-state index contributed by atoms with van der Waals surface area (Å²) in [7, 11) is 0. The Bertz CT molecular complexity index is 475. The molecule has 0 spiro atoms. The van der Waals surface area contributed by atoms with E-state index in [1.165, 1.54) is 5.56 Å². The first-order valence-corrected chi connectivity index (χ1v) is 7.29. The molecule has 1 aliphatic heterocycles. The summed E-state index contributed by atoms with van der Waals surface area (Å²) in [5.74, 6) is 0.0779. The van der Waals surface area contributed by atoms with Crippen molar-refractivity contribution in [2.24, 2.45) is 0 Å². The second-order valence-electron chi connectivity index (χ2n) is 5.91. The molecule has 110 valence electrons. The van der Waals surface area contributed by atoms with Crippen LogP contribution in [-0.2, 0) is 4.79 Å². The number of aryl methyl sites for hydroxylation is 3. The van der Waals surface area contributed by atoms with E-state index >= 15 is 0 Å². The monoisotopic (exact) mass is 275 g/mol. The maximum Gasteiger partial charge on any atom is 0.238 e. The quantitative estimate of drug-likeness (QED) is 0.885. The molecule has 1 saturated heterocycles. The van der Waals surface area contributed by atoms with Gasteiger partial charge in [-0.05, 0) is 38.8 Å². The van der Waals surface area contributed by atoms with E-state index in [4.69, 9.17) is 0 Å². The van der Waals surface area contributed by atoms with E-state index in [0.717, 1.165) is 36.4 Å². The van der Waals surface area contributed by atoms with Gasteiger partial charge in [0.05, 0.1) is 6.54 Å². The zero-order valence-corrected chi connectivity index (χ0v) is 12.9. The van der Waals surface area contributed by atoms with Crippen LogP contribution in [0, 0.1) is 20.8 Å². The molecule has 0 aliphatic carbocycles. The molecule has 1 heterocycles. The number of amides is 1. The lowest BCUT2D eigenvalue weighted by Gasteiger charge is -2.31. The number of rotatable bonds is 3. The topological polar surface area (TPSA) is 44.4 Å². The number of nitrogens with one attached hydrogen (secondary N) is 2. The van der Waals surface area contributed by atoms with Crippen LogP contribution in [0.1, 0.15) is 23.6 Å². The molecule has 1 atom stereocenters. The summed E-state index contributed by atoms with van der Waals surface area (Å²) < 4.78 is 0. The highest BCUT2D eigenvalue weighted by Gasteiger charge is 2.18. The number of hydrogen-bond donors (Lipinski definition) is 2. The number of piperazine rings is 1. The van der Waals surface area contributed by atoms with Gasteiger partial charge in [-0.1, -0.05) is 17.7 Å². The van der Waals surface area contributed by atoms with E-state index in [1.807, 2.05) is 13.8 Å². The Labute approximate surface area is 121 Å². The summed E-state index contributed by atoms with van der Waals surface area (Å²) in [4.78, 5) is 14.4. The van der Waals surface area contributed by atoms with Gasteiger partial charge in [0.25, 0.3) is 0 Å². The largest absolute Gasteiger partial charge is 0.324 e. The zero-order valence-electron chi connectivity index (χ0n) is 12.9. The van der Waals surface area contributed by atoms with Gasteiger partial charge in [0.1, 0.15) is 0 Å². The van der Waals surface area contributed by atoms with Crippen LogP contribution in [-0.4, -0.2) is 43.0 Å². The van der Waals surface area contributed by atoms with Gasteiger partial charge in [0, 0.05) is 31.4 Å². The zero-order chi connectivity index (χ0) is 14.7. The number of carbonyl (C=O) groups excluding carboxylic acids is 1. The van der Waals surface area contributed by atoms with Crippen molar-refractivity contribution in [2.45, 2.75) is 33.7 Å². The molecule has 0 aromatic heterocycles. The minimum atomic E-state index is 0.0779. The Balaban J connectivity index is 1.98. The van der Waals surface area contributed by atoms with Crippen LogP contribution < -0.4 is 10.6 Å². The Morgan fingerprint density at radius 2 is 2.00 bits per heavy atom. The fourth-order valence-electron chi connectivity index (χ4n) is 2.92. The minimum absolute atomic E-state index is 0.0779. The molecule has 0 saturated carbocycles. The molecular formula is C16H25N3O. The third kappa shape index (κ3) is 3.81. The molecule has 20 heavy (non-hydrogen) atoms. The first-order valence-electron chi connectivity index (χ1n) is 7.29. The molecule has 2 rings (SSSR count). The normalized spacial score (nSPS) is 19.9. The summed E-state index contributed by atoms with van der Waals surface area (Å²) in [6.45, 7) is 11.6. The van der Waals surface area contributed by atoms with Crippen molar-refractivity contribution in [2.75, 3.05) is 31.5 Å². The second kappa shape index (κ2) is 6.37. The van der Waals surface area contributed by atoms with Gasteiger partial charge in [0.2, 0.25) is 5.91 Å². The van der Waals surface area contributed by atoms with Crippen molar-refractivity contribution >= 4 is 11.6 Å². The van der Waals surface area contributed by atoms with E-state index in [0.29, 0.717) is 12.6 Å². The molecule has 0 radical (unpaired) electrons. The lowest BCUT2D eigenvalue weighted by atomic mass is 10.1. The Morgan fingerprint density at radius 3 is 2.60 bits per heavy atom. The smallest absolute Gasteiger partial charge is 0.238 e. The molecule has 4 heteroatoms. The average molecular weight is 275 g/mol. The number of anilines is 1. The fourth-order valence-corrected chi connectivity index (χ4v) is 2.92. The van der Waals surface area contributed by atoms with Crippen LogP contribution in [0.5, 0.6) is 0 Å². The Hall–Kier alpha value is -1.39. The van der Waals surface area contributed by atoms with Gasteiger partial charge in [0.15, 0.2) is 0 Å². The highest BCUT2D eigenvalue weighted by Crippen LogP contribution is 2.21. The highest BCUT2D eigenvalue weighted by molar-refractivity contribution is 5.93. The van der Waals surface area contributed by atoms with E-state index in [2.05, 4.69) is 41.5 Å². The Kier molecular flexibility index (Phi) is 4.78. The van der Waals surface area contributed by atoms with Gasteiger partial charge < -0.3 is 10.6 Å². The summed E-state index contributed by atoms with van der Waals surface area (Å²) in [6, 6.07) is 4.67. The average Bonchev–Trinajstić information content (AvgIpc) is 2.33. The number of benzene rings is 1. The van der Waals surface area contributed by atoms with Crippen molar-refractivity contribution in [3.63, 3.8) is 0 Å². The number of nitrogens with zero attached hydrogens (tertiary/aromatic N) is 1. The van der Waals surface area contributed by atoms with Crippen molar-refractivity contribution in [1.82, 2.24) is 10.2 Å². The molecule has 1 aromatic rings. The predicted octanol–water partition coefficient (Wildman–Crippen LogP) is 1.84. The Morgan fingerprint density at radius 1 is 1.35 bits per heavy atom. The van der Waals surface area contributed by atoms with Gasteiger partial charge >= 0.3 is 0 Å². The molecule has 1 fully saturated rings. The lowest BCUT2D eigenvalue weighted by molar-refractivity contribution is -0.117. The fraction of sp³-hybridized carbons (Fsp3) is 0.562. The van der Waals surface area contributed by atoms with Crippen LogP contribution >= 0.6 is 0 Å². The second-order valence-corrected chi connectivity index (χ2v) is 5.91. The van der Waals surface area contributed by atoms with Crippen molar-refractivity contribution in [1.29, 1.82) is 0 Å². The molecule has 1 aliphatic rings. The van der Waals surface area contributed by atoms with Crippen LogP contribution in [0.2, 0.25) is 0 Å². The third-order valence-electron chi connectivity index (χ3n) is 3.76. The lowest BCUT2D eigenvalue weighted by Crippen LogP contribution is -2.51. The van der Waals surface area contributed by atoms with Crippen LogP contribution in [0.4, 0.5) is 5.69 Å². The van der Waals surface area contributed by atoms with E-state index < -0.39 is 0 Å². The molecule has 2 N–H and O–H groups in total. The van der Waals surface area contributed by atoms with Crippen molar-refractivity contribution in [3.05, 3.63) is 28.8 Å². The summed E-state index contributed by atoms with van der Waals surface area (Å²) >= 11 is 0. The summed E-state index contributed by atoms with van der Waals surface area (Å²) in [6.07, 6.45) is 0. The standard InChI is InChI=1S/C16H25N3O/c1-11-7-12(2)16(13(3)8-11)18-15(20)10-19-6-5-17-14(4)9-19/h7-8,14,17H,5-6,9-10H2,1-4H3,(H,18,20)/t14-/m0/s1. The number of hydrogen-bond acceptors (Lipinski definition) is 3. The van der Waals surface area contributed by atoms with Crippen molar-refractivity contribution < 1.29 is 4.79 Å². The van der Waals surface area contributed by atoms with Gasteiger partial charge in [-0.15, -0.1) is 0 Å². The number of carbonyl (C=O) groups is 1. The van der Waals surface area contributed by atoms with E-state index in [9.17, 15) is 4.79 Å². The summed E-state index contributed by atoms with van der Waals surface area (Å²) in [5, 5.41) is 6.45. The maximum atomic E-state index is 12.2. The van der Waals surface area contributed by atoms with Crippen LogP contribution in [0.15, 0.2) is 12.1 Å². The molecule has 4 nitrogen and oxygen atoms in total. The molecule has 1 amide bonds. The maximum absolute atomic E-state index is 12.2. The molecular weight excluding hydrogens is 250 g/mol. The molecule has 1 aromatic carbocycles. The van der Waals surface area contributed by atoms with Crippen LogP contribution in [0.25, 0.3) is 0 Å². The van der Waals surface area contributed by atoms with Crippen LogP contribution in [0.3, 0.4) is 0 Å². The van der Waals surface area contributed by atoms with Gasteiger partial charge in [-0.2, -0.15) is 0 Å². The van der Waals surface area contributed by atoms with Crippen molar-refractivity contribution in [3.8, 4) is 0 Å².